The minimum Gasteiger partial charge on any atom is -0.472 e. The minimum absolute atomic E-state index is 0. The molecule has 0 spiro atoms. The van der Waals surface area contributed by atoms with Gasteiger partial charge in [-0.1, -0.05) is 76.9 Å². The fourth-order valence-electron chi connectivity index (χ4n) is 2.13. The molecule has 0 aliphatic rings. The molecule has 180 valence electrons. The number of hydrogen-bond acceptors (Lipinski definition) is 3. The number of amides is 1. The van der Waals surface area contributed by atoms with Crippen molar-refractivity contribution in [1.82, 2.24) is 10.2 Å². The summed E-state index contributed by atoms with van der Waals surface area (Å²) in [5, 5.41) is 11.3. The molecular weight excluding hydrogens is 412 g/mol. The van der Waals surface area contributed by atoms with Crippen LogP contribution in [0.2, 0.25) is 0 Å². The summed E-state index contributed by atoms with van der Waals surface area (Å²) in [6, 6.07) is 18.5. The molecule has 2 aromatic carbocycles. The summed E-state index contributed by atoms with van der Waals surface area (Å²) in [4.78, 5) is 23.2. The maximum atomic E-state index is 11.5. The van der Waals surface area contributed by atoms with Gasteiger partial charge < -0.3 is 15.3 Å². The Bertz CT molecular complexity index is 867. The highest BCUT2D eigenvalue weighted by Gasteiger charge is 2.04. The van der Waals surface area contributed by atoms with Gasteiger partial charge in [0.1, 0.15) is 0 Å². The van der Waals surface area contributed by atoms with Crippen LogP contribution < -0.4 is 5.32 Å². The van der Waals surface area contributed by atoms with Gasteiger partial charge in [-0.3, -0.25) is 4.79 Å². The summed E-state index contributed by atoms with van der Waals surface area (Å²) < 4.78 is 0. The second-order valence-electron chi connectivity index (χ2n) is 5.97. The SMILES string of the molecule is C.C.CCN(CC)C(=O)C#Cc1ccccc1.CCNCC.O=C(O)C#Cc1ccccc1. The predicted molar refractivity (Wildman–Crippen MR) is 140 cm³/mol. The highest BCUT2D eigenvalue weighted by molar-refractivity contribution is 5.94. The molecule has 5 heteroatoms. The van der Waals surface area contributed by atoms with Crippen molar-refractivity contribution < 1.29 is 14.7 Å². The average molecular weight is 453 g/mol. The number of aliphatic carboxylic acids is 1. The van der Waals surface area contributed by atoms with Gasteiger partial charge in [0, 0.05) is 36.1 Å². The fraction of sp³-hybridized carbons (Fsp3) is 0.357. The van der Waals surface area contributed by atoms with E-state index >= 15 is 0 Å². The van der Waals surface area contributed by atoms with Crippen molar-refractivity contribution in [2.45, 2.75) is 42.5 Å². The molecule has 5 nitrogen and oxygen atoms in total. The van der Waals surface area contributed by atoms with Gasteiger partial charge in [-0.25, -0.2) is 4.79 Å². The first kappa shape index (κ1) is 34.1. The molecule has 0 aliphatic heterocycles. The van der Waals surface area contributed by atoms with Gasteiger partial charge in [0.05, 0.1) is 0 Å². The number of benzene rings is 2. The highest BCUT2D eigenvalue weighted by atomic mass is 16.4. The highest BCUT2D eigenvalue weighted by Crippen LogP contribution is 1.95. The normalized spacial score (nSPS) is 8.00. The van der Waals surface area contributed by atoms with Crippen LogP contribution in [0.1, 0.15) is 53.7 Å². The maximum absolute atomic E-state index is 11.5. The van der Waals surface area contributed by atoms with Gasteiger partial charge in [-0.2, -0.15) is 0 Å². The Morgan fingerprint density at radius 2 is 1.15 bits per heavy atom. The van der Waals surface area contributed by atoms with Crippen LogP contribution in [0.3, 0.4) is 0 Å². The Morgan fingerprint density at radius 3 is 1.45 bits per heavy atom. The summed E-state index contributed by atoms with van der Waals surface area (Å²) in [6.45, 7) is 11.7. The summed E-state index contributed by atoms with van der Waals surface area (Å²) >= 11 is 0. The van der Waals surface area contributed by atoms with Crippen LogP contribution in [-0.4, -0.2) is 48.1 Å². The zero-order valence-corrected chi connectivity index (χ0v) is 18.8. The van der Waals surface area contributed by atoms with E-state index in [0.29, 0.717) is 13.1 Å². The number of carbonyl (C=O) groups excluding carboxylic acids is 1. The monoisotopic (exact) mass is 452 g/mol. The van der Waals surface area contributed by atoms with Crippen LogP contribution in [0.15, 0.2) is 60.7 Å². The third-order valence-corrected chi connectivity index (χ3v) is 3.73. The average Bonchev–Trinajstić information content (AvgIpc) is 2.80. The maximum Gasteiger partial charge on any atom is 0.382 e. The summed E-state index contributed by atoms with van der Waals surface area (Å²) in [5.41, 5.74) is 1.59. The van der Waals surface area contributed by atoms with Crippen LogP contribution >= 0.6 is 0 Å². The topological polar surface area (TPSA) is 69.6 Å². The molecule has 0 saturated carbocycles. The van der Waals surface area contributed by atoms with Crippen molar-refractivity contribution in [3.8, 4) is 23.7 Å². The molecule has 0 bridgehead atoms. The number of nitrogens with one attached hydrogen (secondary N) is 1. The van der Waals surface area contributed by atoms with Crippen molar-refractivity contribution in [3.05, 3.63) is 71.8 Å². The number of hydrogen-bond donors (Lipinski definition) is 2. The molecular formula is C28H40N2O3. The lowest BCUT2D eigenvalue weighted by molar-refractivity contribution is -0.130. The van der Waals surface area contributed by atoms with Gasteiger partial charge in [-0.05, 0) is 51.2 Å². The van der Waals surface area contributed by atoms with Crippen molar-refractivity contribution in [3.63, 3.8) is 0 Å². The molecule has 0 unspecified atom stereocenters. The predicted octanol–water partition coefficient (Wildman–Crippen LogP) is 4.92. The van der Waals surface area contributed by atoms with Gasteiger partial charge in [0.2, 0.25) is 0 Å². The van der Waals surface area contributed by atoms with Crippen molar-refractivity contribution >= 4 is 11.9 Å². The lowest BCUT2D eigenvalue weighted by Crippen LogP contribution is -2.29. The lowest BCUT2D eigenvalue weighted by Gasteiger charge is -2.14. The zero-order valence-electron chi connectivity index (χ0n) is 18.8. The van der Waals surface area contributed by atoms with Crippen molar-refractivity contribution in [1.29, 1.82) is 0 Å². The van der Waals surface area contributed by atoms with E-state index in [-0.39, 0.29) is 20.8 Å². The molecule has 0 fully saturated rings. The van der Waals surface area contributed by atoms with E-state index in [1.807, 2.05) is 68.3 Å². The Balaban J connectivity index is -0.000000443. The van der Waals surface area contributed by atoms with E-state index in [1.165, 1.54) is 0 Å². The molecule has 0 atom stereocenters. The Morgan fingerprint density at radius 1 is 0.758 bits per heavy atom. The third kappa shape index (κ3) is 18.9. The first-order chi connectivity index (χ1) is 15.0. The van der Waals surface area contributed by atoms with E-state index in [1.54, 1.807) is 17.0 Å². The second kappa shape index (κ2) is 23.1. The van der Waals surface area contributed by atoms with E-state index in [9.17, 15) is 9.59 Å². The van der Waals surface area contributed by atoms with E-state index in [4.69, 9.17) is 5.11 Å². The molecule has 0 aliphatic carbocycles. The van der Waals surface area contributed by atoms with Crippen molar-refractivity contribution in [2.24, 2.45) is 0 Å². The number of nitrogens with zero attached hydrogens (tertiary/aromatic N) is 1. The number of carboxylic acid groups (broad SMARTS) is 1. The van der Waals surface area contributed by atoms with E-state index in [0.717, 1.165) is 24.2 Å². The second-order valence-corrected chi connectivity index (χ2v) is 5.97. The first-order valence-corrected chi connectivity index (χ1v) is 10.3. The smallest absolute Gasteiger partial charge is 0.382 e. The van der Waals surface area contributed by atoms with E-state index in [2.05, 4.69) is 36.9 Å². The fourth-order valence-corrected chi connectivity index (χ4v) is 2.13. The molecule has 1 amide bonds. The van der Waals surface area contributed by atoms with Gasteiger partial charge >= 0.3 is 5.97 Å². The van der Waals surface area contributed by atoms with Gasteiger partial charge in [-0.15, -0.1) is 0 Å². The summed E-state index contributed by atoms with van der Waals surface area (Å²) in [5.74, 6) is 8.80. The summed E-state index contributed by atoms with van der Waals surface area (Å²) in [7, 11) is 0. The molecule has 2 rings (SSSR count). The zero-order chi connectivity index (χ0) is 23.3. The minimum atomic E-state index is -1.10. The number of carboxylic acids is 1. The van der Waals surface area contributed by atoms with E-state index < -0.39 is 5.97 Å². The van der Waals surface area contributed by atoms with Gasteiger partial charge in [0.25, 0.3) is 5.91 Å². The first-order valence-electron chi connectivity index (χ1n) is 10.3. The largest absolute Gasteiger partial charge is 0.472 e. The molecule has 2 aromatic rings. The van der Waals surface area contributed by atoms with Crippen LogP contribution in [-0.2, 0) is 9.59 Å². The number of carbonyl (C=O) groups is 2. The molecule has 0 aromatic heterocycles. The Labute approximate surface area is 201 Å². The summed E-state index contributed by atoms with van der Waals surface area (Å²) in [6.07, 6.45) is 0. The van der Waals surface area contributed by atoms with Crippen LogP contribution in [0.4, 0.5) is 0 Å². The molecule has 0 heterocycles. The third-order valence-electron chi connectivity index (χ3n) is 3.73. The molecule has 2 N–H and O–H groups in total. The standard InChI is InChI=1S/C13H15NO.C9H6O2.C4H11N.2CH4/c1-3-14(4-2)13(15)11-10-12-8-6-5-7-9-12;10-9(11)7-6-8-4-2-1-3-5-8;1-3-5-4-2;;/h5-9H,3-4H2,1-2H3;1-5H,(H,10,11);5H,3-4H2,1-2H3;2*1H4. The molecule has 0 saturated heterocycles. The van der Waals surface area contributed by atoms with Crippen molar-refractivity contribution in [2.75, 3.05) is 26.2 Å². The lowest BCUT2D eigenvalue weighted by atomic mass is 10.2. The quantitative estimate of drug-likeness (QED) is 0.646. The Hall–Kier alpha value is -3.54. The molecule has 33 heavy (non-hydrogen) atoms. The molecule has 0 radical (unpaired) electrons. The Kier molecular flexibility index (Phi) is 23.9. The van der Waals surface area contributed by atoms with Gasteiger partial charge in [0.15, 0.2) is 0 Å². The van der Waals surface area contributed by atoms with Crippen LogP contribution in [0, 0.1) is 23.7 Å². The number of rotatable bonds is 4. The van der Waals surface area contributed by atoms with Crippen LogP contribution in [0.25, 0.3) is 0 Å². The van der Waals surface area contributed by atoms with Crippen LogP contribution in [0.5, 0.6) is 0 Å².